The number of carbonyl (C=O) groups is 1. The fraction of sp³-hybridized carbons (Fsp3) is 0. The molecule has 3 N–H and O–H groups in total. The van der Waals surface area contributed by atoms with Crippen molar-refractivity contribution in [3.8, 4) is 17.0 Å². The molecule has 2 aromatic rings. The summed E-state index contributed by atoms with van der Waals surface area (Å²) in [4.78, 5) is 11.0. The van der Waals surface area contributed by atoms with Gasteiger partial charge >= 0.3 is 91.4 Å². The van der Waals surface area contributed by atoms with Crippen molar-refractivity contribution >= 4 is 20.9 Å². The predicted octanol–water partition coefficient (Wildman–Crippen LogP) is 0.00510. The Morgan fingerprint density at radius 3 is 2.73 bits per heavy atom. The van der Waals surface area contributed by atoms with Crippen LogP contribution in [0.3, 0.4) is 0 Å². The van der Waals surface area contributed by atoms with Gasteiger partial charge in [-0.05, 0) is 0 Å². The molecule has 5 nitrogen and oxygen atoms in total. The monoisotopic (exact) mass is 269 g/mol. The van der Waals surface area contributed by atoms with Gasteiger partial charge in [-0.1, -0.05) is 0 Å². The number of hydrogen-bond acceptors (Lipinski definition) is 4. The summed E-state index contributed by atoms with van der Waals surface area (Å²) in [5.41, 5.74) is 6.19. The number of nitrogens with zero attached hydrogens (tertiary/aromatic N) is 2. The maximum atomic E-state index is 11.0. The Hall–Kier alpha value is -1.65. The van der Waals surface area contributed by atoms with E-state index < -0.39 is 5.91 Å². The van der Waals surface area contributed by atoms with Gasteiger partial charge in [0.05, 0.1) is 0 Å². The Balaban J connectivity index is 2.59. The van der Waals surface area contributed by atoms with E-state index in [9.17, 15) is 9.90 Å². The fourth-order valence-corrected chi connectivity index (χ4v) is 2.39. The van der Waals surface area contributed by atoms with Gasteiger partial charge in [0.1, 0.15) is 0 Å². The average molecular weight is 268 g/mol. The van der Waals surface area contributed by atoms with Crippen LogP contribution in [0.25, 0.3) is 11.3 Å². The molecule has 0 atom stereocenters. The van der Waals surface area contributed by atoms with Crippen LogP contribution in [0, 0.1) is 0 Å². The van der Waals surface area contributed by atoms with Crippen LogP contribution >= 0.6 is 0 Å². The molecule has 1 aromatic carbocycles. The molecule has 0 spiro atoms. The third-order valence-electron chi connectivity index (χ3n) is 1.88. The number of benzene rings is 1. The van der Waals surface area contributed by atoms with Crippen molar-refractivity contribution in [1.82, 2.24) is 7.96 Å². The minimum absolute atomic E-state index is 0.0721. The topological polar surface area (TPSA) is 89.1 Å². The Kier molecular flexibility index (Phi) is 2.53. The number of amides is 1. The molecule has 76 valence electrons. The van der Waals surface area contributed by atoms with Gasteiger partial charge in [-0.25, -0.2) is 0 Å². The van der Waals surface area contributed by atoms with Crippen LogP contribution in [0.5, 0.6) is 5.75 Å². The van der Waals surface area contributed by atoms with E-state index in [1.54, 1.807) is 18.2 Å². The van der Waals surface area contributed by atoms with Crippen LogP contribution < -0.4 is 5.73 Å². The number of primary amides is 1. The molecule has 0 radical (unpaired) electrons. The molecule has 6 heteroatoms. The summed E-state index contributed by atoms with van der Waals surface area (Å²) >= 11 is -0.345. The van der Waals surface area contributed by atoms with E-state index >= 15 is 0 Å². The summed E-state index contributed by atoms with van der Waals surface area (Å²) in [6.07, 6.45) is 0. The number of aromatic nitrogens is 2. The Morgan fingerprint density at radius 1 is 1.33 bits per heavy atom. The number of rotatable bonds is 2. The van der Waals surface area contributed by atoms with Crippen LogP contribution in [-0.4, -0.2) is 33.9 Å². The molecule has 0 unspecified atom stereocenters. The summed E-state index contributed by atoms with van der Waals surface area (Å²) in [7, 11) is 0. The molecule has 15 heavy (non-hydrogen) atoms. The predicted molar refractivity (Wildman–Crippen MR) is 54.6 cm³/mol. The van der Waals surface area contributed by atoms with E-state index in [2.05, 4.69) is 7.96 Å². The van der Waals surface area contributed by atoms with Gasteiger partial charge < -0.3 is 0 Å². The van der Waals surface area contributed by atoms with Gasteiger partial charge in [0.15, 0.2) is 0 Å². The SMILES string of the molecule is NC(=O)c1n[se]nc1-c1ccccc1O. The average Bonchev–Trinajstić information content (AvgIpc) is 2.67. The molecule has 0 fully saturated rings. The van der Waals surface area contributed by atoms with E-state index in [1.165, 1.54) is 6.07 Å². The molecule has 2 rings (SSSR count). The van der Waals surface area contributed by atoms with E-state index in [0.29, 0.717) is 11.3 Å². The number of nitrogens with two attached hydrogens (primary N) is 1. The van der Waals surface area contributed by atoms with Crippen molar-refractivity contribution in [1.29, 1.82) is 0 Å². The number of phenolic OH excluding ortho intramolecular Hbond substituents is 1. The fourth-order valence-electron chi connectivity index (χ4n) is 1.20. The molecule has 0 bridgehead atoms. The molecule has 1 heterocycles. The van der Waals surface area contributed by atoms with Crippen molar-refractivity contribution < 1.29 is 9.90 Å². The molecule has 0 aliphatic carbocycles. The number of para-hydroxylation sites is 1. The van der Waals surface area contributed by atoms with Crippen LogP contribution in [0.15, 0.2) is 24.3 Å². The van der Waals surface area contributed by atoms with E-state index in [4.69, 9.17) is 5.73 Å². The van der Waals surface area contributed by atoms with Crippen molar-refractivity contribution in [2.75, 3.05) is 0 Å². The zero-order valence-electron chi connectivity index (χ0n) is 7.54. The summed E-state index contributed by atoms with van der Waals surface area (Å²) < 4.78 is 8.01. The zero-order valence-corrected chi connectivity index (χ0v) is 9.26. The first-order valence-electron chi connectivity index (χ1n) is 4.11. The van der Waals surface area contributed by atoms with E-state index in [-0.39, 0.29) is 26.4 Å². The molecule has 0 saturated carbocycles. The quantitative estimate of drug-likeness (QED) is 0.750. The van der Waals surface area contributed by atoms with Crippen molar-refractivity contribution in [2.45, 2.75) is 0 Å². The van der Waals surface area contributed by atoms with Gasteiger partial charge in [0, 0.05) is 0 Å². The standard InChI is InChI=1S/C9H7N3O2Se/c10-9(14)8-7(11-15-12-8)5-3-1-2-4-6(5)13/h1-4,13H,(H2,10,14). The summed E-state index contributed by atoms with van der Waals surface area (Å²) in [6.45, 7) is 0. The number of phenols is 1. The van der Waals surface area contributed by atoms with Crippen LogP contribution in [-0.2, 0) is 0 Å². The van der Waals surface area contributed by atoms with Crippen molar-refractivity contribution in [3.05, 3.63) is 30.0 Å². The van der Waals surface area contributed by atoms with E-state index in [0.717, 1.165) is 0 Å². The molecule has 1 aromatic heterocycles. The Labute approximate surface area is 91.8 Å². The first-order chi connectivity index (χ1) is 7.20. The molecular formula is C9H7N3O2Se. The van der Waals surface area contributed by atoms with Crippen LogP contribution in [0.1, 0.15) is 10.5 Å². The normalized spacial score (nSPS) is 10.1. The van der Waals surface area contributed by atoms with Gasteiger partial charge in [-0.3, -0.25) is 0 Å². The first-order valence-corrected chi connectivity index (χ1v) is 5.64. The molecular weight excluding hydrogens is 261 g/mol. The molecule has 0 aliphatic heterocycles. The summed E-state index contributed by atoms with van der Waals surface area (Å²) in [5.74, 6) is -0.542. The number of hydrogen-bond donors (Lipinski definition) is 2. The number of carbonyl (C=O) groups excluding carboxylic acids is 1. The third-order valence-corrected chi connectivity index (χ3v) is 2.99. The van der Waals surface area contributed by atoms with Crippen molar-refractivity contribution in [2.24, 2.45) is 5.73 Å². The molecule has 0 aliphatic rings. The summed E-state index contributed by atoms with van der Waals surface area (Å²) in [5, 5.41) is 9.59. The van der Waals surface area contributed by atoms with E-state index in [1.807, 2.05) is 0 Å². The first kappa shape index (κ1) is 9.89. The van der Waals surface area contributed by atoms with Crippen LogP contribution in [0.4, 0.5) is 0 Å². The van der Waals surface area contributed by atoms with Crippen LogP contribution in [0.2, 0.25) is 0 Å². The molecule has 1 amide bonds. The van der Waals surface area contributed by atoms with Gasteiger partial charge in [-0.2, -0.15) is 0 Å². The minimum atomic E-state index is -0.614. The Bertz CT molecular complexity index is 510. The zero-order chi connectivity index (χ0) is 10.8. The maximum absolute atomic E-state index is 11.0. The second kappa shape index (κ2) is 3.84. The second-order valence-corrected chi connectivity index (χ2v) is 3.95. The third kappa shape index (κ3) is 1.77. The van der Waals surface area contributed by atoms with Gasteiger partial charge in [-0.15, -0.1) is 0 Å². The van der Waals surface area contributed by atoms with Gasteiger partial charge in [0.2, 0.25) is 0 Å². The van der Waals surface area contributed by atoms with Gasteiger partial charge in [0.25, 0.3) is 0 Å². The Morgan fingerprint density at radius 2 is 2.07 bits per heavy atom. The second-order valence-electron chi connectivity index (χ2n) is 2.84. The summed E-state index contributed by atoms with van der Waals surface area (Å²) in [6, 6.07) is 6.65. The number of aromatic hydroxyl groups is 1. The molecule has 0 saturated heterocycles. The van der Waals surface area contributed by atoms with Crippen molar-refractivity contribution in [3.63, 3.8) is 0 Å².